The number of nitrogens with zero attached hydrogens (tertiary/aromatic N) is 2. The molecule has 1 amide bonds. The van der Waals surface area contributed by atoms with Gasteiger partial charge in [0, 0.05) is 50.9 Å². The molecule has 0 radical (unpaired) electrons. The molecule has 1 aliphatic rings. The van der Waals surface area contributed by atoms with E-state index in [-0.39, 0.29) is 19.4 Å². The van der Waals surface area contributed by atoms with Gasteiger partial charge >= 0.3 is 18.0 Å². The third kappa shape index (κ3) is 10.7. The maximum absolute atomic E-state index is 14.8. The Bertz CT molecular complexity index is 1170. The number of likely N-dealkylation sites (N-methyl/N-ethyl adjacent to an activating group) is 1. The van der Waals surface area contributed by atoms with Gasteiger partial charge in [-0.1, -0.05) is 36.4 Å². The summed E-state index contributed by atoms with van der Waals surface area (Å²) in [6.07, 6.45) is 0.882. The van der Waals surface area contributed by atoms with Gasteiger partial charge in [0.25, 0.3) is 0 Å². The second kappa shape index (κ2) is 14.6. The Morgan fingerprint density at radius 1 is 1.00 bits per heavy atom. The van der Waals surface area contributed by atoms with E-state index in [9.17, 15) is 18.8 Å². The molecular formula is C32H43FN2O7. The van der Waals surface area contributed by atoms with E-state index >= 15 is 0 Å². The predicted molar refractivity (Wildman–Crippen MR) is 154 cm³/mol. The lowest BCUT2D eigenvalue weighted by Crippen LogP contribution is -2.49. The molecule has 2 aromatic rings. The van der Waals surface area contributed by atoms with Gasteiger partial charge in [-0.2, -0.15) is 0 Å². The molecule has 230 valence electrons. The predicted octanol–water partition coefficient (Wildman–Crippen LogP) is 5.55. The van der Waals surface area contributed by atoms with Crippen LogP contribution in [0.4, 0.5) is 9.18 Å². The van der Waals surface area contributed by atoms with Crippen LogP contribution in [0.25, 0.3) is 0 Å². The first kappa shape index (κ1) is 33.0. The van der Waals surface area contributed by atoms with Gasteiger partial charge < -0.3 is 18.9 Å². The number of rotatable bonds is 11. The first-order chi connectivity index (χ1) is 19.7. The molecular weight excluding hydrogens is 543 g/mol. The Labute approximate surface area is 247 Å². The van der Waals surface area contributed by atoms with Crippen molar-refractivity contribution in [1.82, 2.24) is 9.88 Å². The number of pyridine rings is 1. The van der Waals surface area contributed by atoms with Crippen molar-refractivity contribution in [3.63, 3.8) is 0 Å². The second-order valence-corrected chi connectivity index (χ2v) is 12.2. The van der Waals surface area contributed by atoms with Crippen LogP contribution in [-0.4, -0.2) is 71.6 Å². The Morgan fingerprint density at radius 3 is 2.24 bits per heavy atom. The van der Waals surface area contributed by atoms with Crippen molar-refractivity contribution < 1.29 is 37.7 Å². The van der Waals surface area contributed by atoms with Gasteiger partial charge in [-0.05, 0) is 64.7 Å². The molecule has 1 saturated heterocycles. The average Bonchev–Trinajstić information content (AvgIpc) is 2.94. The van der Waals surface area contributed by atoms with Crippen LogP contribution in [0.2, 0.25) is 0 Å². The summed E-state index contributed by atoms with van der Waals surface area (Å²) in [6.45, 7) is 9.01. The number of carbonyl (C=O) groups is 3. The van der Waals surface area contributed by atoms with Crippen LogP contribution in [0, 0.1) is 0 Å². The smallest absolute Gasteiger partial charge is 0.410 e. The van der Waals surface area contributed by atoms with Crippen molar-refractivity contribution in [2.75, 3.05) is 20.3 Å². The number of carbonyl (C=O) groups excluding carboxylic acids is 3. The number of esters is 2. The van der Waals surface area contributed by atoms with Crippen molar-refractivity contribution in [3.8, 4) is 0 Å². The normalized spacial score (nSPS) is 15.8. The molecule has 1 aromatic heterocycles. The summed E-state index contributed by atoms with van der Waals surface area (Å²) >= 11 is 0. The van der Waals surface area contributed by atoms with Crippen LogP contribution in [0.1, 0.15) is 76.6 Å². The summed E-state index contributed by atoms with van der Waals surface area (Å²) in [7, 11) is 1.34. The summed E-state index contributed by atoms with van der Waals surface area (Å²) in [6, 6.07) is 11.5. The van der Waals surface area contributed by atoms with Gasteiger partial charge in [-0.15, -0.1) is 0 Å². The topological polar surface area (TPSA) is 104 Å². The standard InChI is InChI=1S/C32H43FN2O7/c1-31(2,3)42-30(38)35(6)26(19-32(4,5)33)28(36)41-27(29(37)40-21-22-10-8-7-9-11-22)18-23-12-13-25(34-20-23)24-14-16-39-17-15-24/h7-13,20,24,26-27H,14-19,21H2,1-6H3/t26-,27+/m0/s1. The number of hydrogen-bond acceptors (Lipinski definition) is 8. The molecule has 1 aromatic carbocycles. The molecule has 2 heterocycles. The first-order valence-corrected chi connectivity index (χ1v) is 14.3. The summed E-state index contributed by atoms with van der Waals surface area (Å²) in [5.41, 5.74) is -0.305. The van der Waals surface area contributed by atoms with Gasteiger partial charge in [0.1, 0.15) is 23.9 Å². The van der Waals surface area contributed by atoms with Crippen LogP contribution in [0.3, 0.4) is 0 Å². The molecule has 1 fully saturated rings. The van der Waals surface area contributed by atoms with Crippen LogP contribution >= 0.6 is 0 Å². The molecule has 1 aliphatic heterocycles. The van der Waals surface area contributed by atoms with Crippen LogP contribution < -0.4 is 0 Å². The van der Waals surface area contributed by atoms with Gasteiger partial charge in [0.05, 0.1) is 0 Å². The fourth-order valence-corrected chi connectivity index (χ4v) is 4.52. The highest BCUT2D eigenvalue weighted by molar-refractivity contribution is 5.85. The molecule has 0 spiro atoms. The van der Waals surface area contributed by atoms with Gasteiger partial charge in [-0.25, -0.2) is 18.8 Å². The molecule has 42 heavy (non-hydrogen) atoms. The number of amides is 1. The zero-order valence-corrected chi connectivity index (χ0v) is 25.4. The fraction of sp³-hybridized carbons (Fsp3) is 0.562. The second-order valence-electron chi connectivity index (χ2n) is 12.2. The number of alkyl halides is 1. The Morgan fingerprint density at radius 2 is 1.67 bits per heavy atom. The maximum Gasteiger partial charge on any atom is 0.410 e. The Hall–Kier alpha value is -3.53. The number of benzene rings is 1. The van der Waals surface area contributed by atoms with E-state index in [1.165, 1.54) is 20.9 Å². The van der Waals surface area contributed by atoms with E-state index in [1.807, 2.05) is 42.5 Å². The van der Waals surface area contributed by atoms with E-state index in [4.69, 9.17) is 18.9 Å². The van der Waals surface area contributed by atoms with E-state index in [0.29, 0.717) is 24.7 Å². The monoisotopic (exact) mass is 586 g/mol. The highest BCUT2D eigenvalue weighted by Gasteiger charge is 2.38. The highest BCUT2D eigenvalue weighted by Crippen LogP contribution is 2.26. The zero-order chi connectivity index (χ0) is 30.9. The SMILES string of the molecule is CN(C(=O)OC(C)(C)C)[C@@H](CC(C)(C)F)C(=O)O[C@H](Cc1ccc(C2CCOCC2)nc1)C(=O)OCc1ccccc1. The Kier molecular flexibility index (Phi) is 11.4. The minimum Gasteiger partial charge on any atom is -0.458 e. The van der Waals surface area contributed by atoms with Gasteiger partial charge in [0.15, 0.2) is 0 Å². The van der Waals surface area contributed by atoms with E-state index in [0.717, 1.165) is 29.0 Å². The number of ether oxygens (including phenoxy) is 4. The minimum atomic E-state index is -1.83. The van der Waals surface area contributed by atoms with Gasteiger partial charge in [-0.3, -0.25) is 9.88 Å². The summed E-state index contributed by atoms with van der Waals surface area (Å²) in [5, 5.41) is 0. The van der Waals surface area contributed by atoms with E-state index in [1.54, 1.807) is 27.0 Å². The number of aromatic nitrogens is 1. The van der Waals surface area contributed by atoms with Crippen LogP contribution in [0.5, 0.6) is 0 Å². The molecule has 0 unspecified atom stereocenters. The van der Waals surface area contributed by atoms with E-state index < -0.39 is 41.4 Å². The average molecular weight is 587 g/mol. The lowest BCUT2D eigenvalue weighted by molar-refractivity contribution is -0.172. The zero-order valence-electron chi connectivity index (χ0n) is 25.4. The lowest BCUT2D eigenvalue weighted by Gasteiger charge is -2.32. The molecule has 0 bridgehead atoms. The molecule has 0 aliphatic carbocycles. The van der Waals surface area contributed by atoms with Crippen molar-refractivity contribution in [2.45, 2.75) is 96.2 Å². The van der Waals surface area contributed by atoms with Crippen LogP contribution in [-0.2, 0) is 41.6 Å². The summed E-state index contributed by atoms with van der Waals surface area (Å²) < 4.78 is 36.8. The third-order valence-electron chi connectivity index (χ3n) is 6.75. The molecule has 3 rings (SSSR count). The maximum atomic E-state index is 14.8. The highest BCUT2D eigenvalue weighted by atomic mass is 19.1. The summed E-state index contributed by atoms with van der Waals surface area (Å²) in [5.74, 6) is -1.41. The van der Waals surface area contributed by atoms with Gasteiger partial charge in [0.2, 0.25) is 6.10 Å². The minimum absolute atomic E-state index is 0.0116. The number of halogens is 1. The van der Waals surface area contributed by atoms with Crippen LogP contribution in [0.15, 0.2) is 48.7 Å². The lowest BCUT2D eigenvalue weighted by atomic mass is 9.95. The largest absolute Gasteiger partial charge is 0.458 e. The fourth-order valence-electron chi connectivity index (χ4n) is 4.52. The molecule has 10 heteroatoms. The number of hydrogen-bond donors (Lipinski definition) is 0. The Balaban J connectivity index is 1.81. The first-order valence-electron chi connectivity index (χ1n) is 14.3. The van der Waals surface area contributed by atoms with Crippen molar-refractivity contribution >= 4 is 18.0 Å². The van der Waals surface area contributed by atoms with E-state index in [2.05, 4.69) is 4.98 Å². The molecule has 0 saturated carbocycles. The van der Waals surface area contributed by atoms with Crippen molar-refractivity contribution in [3.05, 3.63) is 65.5 Å². The van der Waals surface area contributed by atoms with Crippen molar-refractivity contribution in [2.24, 2.45) is 0 Å². The molecule has 9 nitrogen and oxygen atoms in total. The molecule has 2 atom stereocenters. The quantitative estimate of drug-likeness (QED) is 0.250. The third-order valence-corrected chi connectivity index (χ3v) is 6.75. The molecule has 0 N–H and O–H groups in total. The van der Waals surface area contributed by atoms with Crippen molar-refractivity contribution in [1.29, 1.82) is 0 Å². The summed E-state index contributed by atoms with van der Waals surface area (Å²) in [4.78, 5) is 45.1.